The summed E-state index contributed by atoms with van der Waals surface area (Å²) >= 11 is 3.37. The molecule has 0 bridgehead atoms. The van der Waals surface area contributed by atoms with Gasteiger partial charge in [0.2, 0.25) is 0 Å². The van der Waals surface area contributed by atoms with E-state index < -0.39 is 24.2 Å². The first-order valence-corrected chi connectivity index (χ1v) is 10.3. The summed E-state index contributed by atoms with van der Waals surface area (Å²) in [5.74, 6) is -0.604. The normalized spacial score (nSPS) is 15.7. The SMILES string of the molecule is CCCCOC(=O)C1=CN(C(=O)OCC)N(C(=O)OCC)C1c1ccc(Br)cc1. The minimum Gasteiger partial charge on any atom is -0.462 e. The van der Waals surface area contributed by atoms with Gasteiger partial charge in [0.15, 0.2) is 0 Å². The van der Waals surface area contributed by atoms with Crippen LogP contribution >= 0.6 is 15.9 Å². The van der Waals surface area contributed by atoms with Gasteiger partial charge in [-0.15, -0.1) is 0 Å². The maximum absolute atomic E-state index is 12.8. The summed E-state index contributed by atoms with van der Waals surface area (Å²) in [7, 11) is 0. The van der Waals surface area contributed by atoms with Gasteiger partial charge in [-0.2, -0.15) is 10.0 Å². The fourth-order valence-electron chi connectivity index (χ4n) is 2.76. The molecule has 8 nitrogen and oxygen atoms in total. The van der Waals surface area contributed by atoms with Gasteiger partial charge >= 0.3 is 18.2 Å². The van der Waals surface area contributed by atoms with Gasteiger partial charge in [-0.3, -0.25) is 0 Å². The number of benzene rings is 1. The van der Waals surface area contributed by atoms with Gasteiger partial charge < -0.3 is 14.2 Å². The zero-order chi connectivity index (χ0) is 21.4. The molecule has 29 heavy (non-hydrogen) atoms. The van der Waals surface area contributed by atoms with Gasteiger partial charge in [0.1, 0.15) is 6.04 Å². The molecule has 0 N–H and O–H groups in total. The summed E-state index contributed by atoms with van der Waals surface area (Å²) in [6, 6.07) is 6.18. The van der Waals surface area contributed by atoms with E-state index in [2.05, 4.69) is 15.9 Å². The van der Waals surface area contributed by atoms with E-state index in [0.29, 0.717) is 12.0 Å². The average Bonchev–Trinajstić information content (AvgIpc) is 3.10. The Kier molecular flexibility index (Phi) is 8.50. The lowest BCUT2D eigenvalue weighted by Crippen LogP contribution is -2.46. The third kappa shape index (κ3) is 5.50. The first kappa shape index (κ1) is 22.7. The van der Waals surface area contributed by atoms with Gasteiger partial charge in [0.05, 0.1) is 25.4 Å². The third-order valence-electron chi connectivity index (χ3n) is 4.09. The molecule has 1 aromatic rings. The monoisotopic (exact) mass is 468 g/mol. The topological polar surface area (TPSA) is 85.4 Å². The van der Waals surface area contributed by atoms with Crippen LogP contribution in [0.25, 0.3) is 0 Å². The Hall–Kier alpha value is -2.55. The van der Waals surface area contributed by atoms with Crippen LogP contribution in [-0.2, 0) is 19.0 Å². The van der Waals surface area contributed by atoms with Crippen LogP contribution in [0.4, 0.5) is 9.59 Å². The van der Waals surface area contributed by atoms with Crippen molar-refractivity contribution in [3.63, 3.8) is 0 Å². The minimum absolute atomic E-state index is 0.106. The van der Waals surface area contributed by atoms with Crippen LogP contribution in [0.2, 0.25) is 0 Å². The van der Waals surface area contributed by atoms with Crippen LogP contribution in [0.15, 0.2) is 40.5 Å². The molecule has 0 saturated carbocycles. The van der Waals surface area contributed by atoms with Gasteiger partial charge in [0.25, 0.3) is 0 Å². The van der Waals surface area contributed by atoms with Crippen molar-refractivity contribution in [2.24, 2.45) is 0 Å². The van der Waals surface area contributed by atoms with Crippen molar-refractivity contribution in [3.05, 3.63) is 46.1 Å². The van der Waals surface area contributed by atoms with E-state index in [1.54, 1.807) is 38.1 Å². The Bertz CT molecular complexity index is 765. The number of hydrazine groups is 1. The number of nitrogens with zero attached hydrogens (tertiary/aromatic N) is 2. The highest BCUT2D eigenvalue weighted by atomic mass is 79.9. The molecule has 9 heteroatoms. The number of hydrogen-bond acceptors (Lipinski definition) is 6. The number of hydrogen-bond donors (Lipinski definition) is 0. The van der Waals surface area contributed by atoms with Crippen LogP contribution in [-0.4, -0.2) is 48.0 Å². The van der Waals surface area contributed by atoms with Crippen LogP contribution in [0, 0.1) is 0 Å². The summed E-state index contributed by atoms with van der Waals surface area (Å²) < 4.78 is 16.4. The van der Waals surface area contributed by atoms with Crippen molar-refractivity contribution >= 4 is 34.1 Å². The van der Waals surface area contributed by atoms with Crippen LogP contribution < -0.4 is 0 Å². The number of ether oxygens (including phenoxy) is 3. The molecule has 158 valence electrons. The van der Waals surface area contributed by atoms with Crippen molar-refractivity contribution in [2.45, 2.75) is 39.7 Å². The van der Waals surface area contributed by atoms with Crippen molar-refractivity contribution in [1.29, 1.82) is 0 Å². The van der Waals surface area contributed by atoms with E-state index in [4.69, 9.17) is 14.2 Å². The summed E-state index contributed by atoms with van der Waals surface area (Å²) in [6.45, 7) is 5.76. The second-order valence-corrected chi connectivity index (χ2v) is 7.03. The summed E-state index contributed by atoms with van der Waals surface area (Å²) in [6.07, 6.45) is 1.29. The van der Waals surface area contributed by atoms with E-state index in [-0.39, 0.29) is 25.4 Å². The molecule has 0 aliphatic carbocycles. The molecule has 1 aliphatic rings. The fraction of sp³-hybridized carbons (Fsp3) is 0.450. The zero-order valence-electron chi connectivity index (χ0n) is 16.7. The lowest BCUT2D eigenvalue weighted by molar-refractivity contribution is -0.139. The fourth-order valence-corrected chi connectivity index (χ4v) is 3.02. The number of unbranched alkanes of at least 4 members (excludes halogenated alkanes) is 1. The standard InChI is InChI=1S/C20H25BrN2O6/c1-4-7-12-29-18(24)16-13-22(19(25)27-5-2)23(20(26)28-6-3)17(16)14-8-10-15(21)11-9-14/h8-11,13,17H,4-7,12H2,1-3H3. The Morgan fingerprint density at radius 2 is 1.59 bits per heavy atom. The smallest absolute Gasteiger partial charge is 0.433 e. The number of esters is 1. The second kappa shape index (κ2) is 10.8. The minimum atomic E-state index is -0.888. The maximum Gasteiger partial charge on any atom is 0.433 e. The maximum atomic E-state index is 12.8. The van der Waals surface area contributed by atoms with Crippen molar-refractivity contribution in [2.75, 3.05) is 19.8 Å². The molecule has 2 amide bonds. The molecule has 0 radical (unpaired) electrons. The zero-order valence-corrected chi connectivity index (χ0v) is 18.3. The van der Waals surface area contributed by atoms with Gasteiger partial charge in [-0.1, -0.05) is 41.4 Å². The molecule has 0 spiro atoms. The van der Waals surface area contributed by atoms with E-state index in [0.717, 1.165) is 20.9 Å². The molecule has 0 saturated heterocycles. The van der Waals surface area contributed by atoms with Gasteiger partial charge in [-0.25, -0.2) is 14.4 Å². The summed E-state index contributed by atoms with van der Waals surface area (Å²) in [5.41, 5.74) is 0.760. The van der Waals surface area contributed by atoms with Crippen LogP contribution in [0.5, 0.6) is 0 Å². The number of carbonyl (C=O) groups excluding carboxylic acids is 3. The predicted molar refractivity (Wildman–Crippen MR) is 109 cm³/mol. The average molecular weight is 469 g/mol. The lowest BCUT2D eigenvalue weighted by atomic mass is 10.00. The molecular formula is C20H25BrN2O6. The second-order valence-electron chi connectivity index (χ2n) is 6.11. The molecule has 1 aliphatic heterocycles. The quantitative estimate of drug-likeness (QED) is 0.331. The van der Waals surface area contributed by atoms with Crippen LogP contribution in [0.1, 0.15) is 45.2 Å². The highest BCUT2D eigenvalue weighted by molar-refractivity contribution is 9.10. The van der Waals surface area contributed by atoms with Gasteiger partial charge in [0, 0.05) is 10.7 Å². The number of carbonyl (C=O) groups is 3. The molecule has 0 aromatic heterocycles. The molecule has 2 rings (SSSR count). The first-order chi connectivity index (χ1) is 13.9. The Labute approximate surface area is 178 Å². The summed E-state index contributed by atoms with van der Waals surface area (Å²) in [5, 5.41) is 2.03. The van der Waals surface area contributed by atoms with E-state index in [9.17, 15) is 14.4 Å². The summed E-state index contributed by atoms with van der Waals surface area (Å²) in [4.78, 5) is 37.9. The third-order valence-corrected chi connectivity index (χ3v) is 4.62. The molecule has 1 atom stereocenters. The Balaban J connectivity index is 2.47. The molecule has 0 fully saturated rings. The van der Waals surface area contributed by atoms with Crippen molar-refractivity contribution in [3.8, 4) is 0 Å². The first-order valence-electron chi connectivity index (χ1n) is 9.50. The largest absolute Gasteiger partial charge is 0.462 e. The highest BCUT2D eigenvalue weighted by Gasteiger charge is 2.45. The van der Waals surface area contributed by atoms with Crippen LogP contribution in [0.3, 0.4) is 0 Å². The predicted octanol–water partition coefficient (Wildman–Crippen LogP) is 4.56. The Morgan fingerprint density at radius 3 is 2.17 bits per heavy atom. The highest BCUT2D eigenvalue weighted by Crippen LogP contribution is 2.38. The molecule has 1 heterocycles. The van der Waals surface area contributed by atoms with E-state index in [1.807, 2.05) is 6.92 Å². The number of rotatable bonds is 7. The molecule has 1 aromatic carbocycles. The number of amides is 2. The van der Waals surface area contributed by atoms with Crippen molar-refractivity contribution in [1.82, 2.24) is 10.0 Å². The lowest BCUT2D eigenvalue weighted by Gasteiger charge is -2.31. The van der Waals surface area contributed by atoms with Crippen molar-refractivity contribution < 1.29 is 28.6 Å². The van der Waals surface area contributed by atoms with E-state index in [1.165, 1.54) is 6.20 Å². The molecular weight excluding hydrogens is 444 g/mol. The van der Waals surface area contributed by atoms with Gasteiger partial charge in [-0.05, 0) is 38.0 Å². The number of halogens is 1. The molecule has 1 unspecified atom stereocenters. The van der Waals surface area contributed by atoms with E-state index >= 15 is 0 Å². The Morgan fingerprint density at radius 1 is 0.966 bits per heavy atom.